The molecule has 0 bridgehead atoms. The fourth-order valence-corrected chi connectivity index (χ4v) is 5.74. The molecule has 3 heterocycles. The van der Waals surface area contributed by atoms with Gasteiger partial charge in [-0.15, -0.1) is 11.3 Å². The molecule has 1 fully saturated rings. The minimum absolute atomic E-state index is 0.103. The van der Waals surface area contributed by atoms with Crippen molar-refractivity contribution >= 4 is 49.7 Å². The lowest BCUT2D eigenvalue weighted by molar-refractivity contribution is 0.0397. The van der Waals surface area contributed by atoms with Crippen LogP contribution in [-0.4, -0.2) is 57.9 Å². The average molecular weight is 508 g/mol. The molecule has 37 heavy (non-hydrogen) atoms. The monoisotopic (exact) mass is 507 g/mol. The molecular formula is C30H29N5OS. The predicted molar refractivity (Wildman–Crippen MR) is 153 cm³/mol. The molecule has 6 nitrogen and oxygen atoms in total. The van der Waals surface area contributed by atoms with Gasteiger partial charge in [-0.1, -0.05) is 24.3 Å². The normalized spacial score (nSPS) is 18.4. The third kappa shape index (κ3) is 4.56. The molecule has 2 unspecified atom stereocenters. The van der Waals surface area contributed by atoms with Gasteiger partial charge in [0, 0.05) is 53.7 Å². The van der Waals surface area contributed by atoms with Crippen LogP contribution in [0, 0.1) is 0 Å². The number of thiazole rings is 1. The van der Waals surface area contributed by atoms with E-state index < -0.39 is 0 Å². The van der Waals surface area contributed by atoms with Crippen LogP contribution in [-0.2, 0) is 0 Å². The Kier molecular flexibility index (Phi) is 6.10. The molecule has 2 atom stereocenters. The Morgan fingerprint density at radius 2 is 1.70 bits per heavy atom. The number of anilines is 2. The highest BCUT2D eigenvalue weighted by molar-refractivity contribution is 7.16. The molecule has 0 radical (unpaired) electrons. The van der Waals surface area contributed by atoms with Gasteiger partial charge in [0.2, 0.25) is 0 Å². The summed E-state index contributed by atoms with van der Waals surface area (Å²) < 4.78 is 1.18. The average Bonchev–Trinajstić information content (AvgIpc) is 3.38. The number of fused-ring (bicyclic) bond motifs is 2. The van der Waals surface area contributed by atoms with Crippen molar-refractivity contribution in [2.45, 2.75) is 25.9 Å². The van der Waals surface area contributed by atoms with Crippen LogP contribution in [0.1, 0.15) is 24.2 Å². The molecule has 1 aliphatic rings. The number of nitrogens with zero attached hydrogens (tertiary/aromatic N) is 4. The number of hydrogen-bond donors (Lipinski definition) is 1. The van der Waals surface area contributed by atoms with Gasteiger partial charge in [0.1, 0.15) is 0 Å². The van der Waals surface area contributed by atoms with Crippen LogP contribution in [0.15, 0.2) is 78.4 Å². The second-order valence-electron chi connectivity index (χ2n) is 9.92. The van der Waals surface area contributed by atoms with Crippen molar-refractivity contribution in [2.24, 2.45) is 0 Å². The lowest BCUT2D eigenvalue weighted by Crippen LogP contribution is -2.56. The number of hydrogen-bond acceptors (Lipinski definition) is 6. The van der Waals surface area contributed by atoms with E-state index >= 15 is 0 Å². The molecule has 3 aromatic carbocycles. The summed E-state index contributed by atoms with van der Waals surface area (Å²) >= 11 is 1.64. The van der Waals surface area contributed by atoms with E-state index in [1.807, 2.05) is 46.9 Å². The number of rotatable bonds is 4. The quantitative estimate of drug-likeness (QED) is 0.304. The SMILES string of the molecule is CC1CN(C(=O)c2ccc(-c3ccc4c(Nc5ccc6scnc6c5)ccnc4c3)cc2)C(C)CN1C. The molecule has 0 saturated carbocycles. The maximum Gasteiger partial charge on any atom is 0.254 e. The van der Waals surface area contributed by atoms with Crippen LogP contribution < -0.4 is 5.32 Å². The van der Waals surface area contributed by atoms with Gasteiger partial charge in [-0.25, -0.2) is 4.98 Å². The van der Waals surface area contributed by atoms with E-state index in [1.165, 1.54) is 4.70 Å². The summed E-state index contributed by atoms with van der Waals surface area (Å²) in [6.07, 6.45) is 1.83. The Hall–Kier alpha value is -3.81. The minimum atomic E-state index is 0.103. The van der Waals surface area contributed by atoms with Crippen molar-refractivity contribution < 1.29 is 4.79 Å². The Bertz CT molecular complexity index is 1600. The first kappa shape index (κ1) is 23.6. The van der Waals surface area contributed by atoms with Gasteiger partial charge >= 0.3 is 0 Å². The first-order valence-electron chi connectivity index (χ1n) is 12.6. The molecule has 1 saturated heterocycles. The van der Waals surface area contributed by atoms with Crippen LogP contribution in [0.4, 0.5) is 11.4 Å². The smallest absolute Gasteiger partial charge is 0.254 e. The van der Waals surface area contributed by atoms with Gasteiger partial charge < -0.3 is 10.2 Å². The Morgan fingerprint density at radius 3 is 2.54 bits per heavy atom. The molecule has 6 rings (SSSR count). The number of aromatic nitrogens is 2. The summed E-state index contributed by atoms with van der Waals surface area (Å²) in [5, 5.41) is 4.58. The van der Waals surface area contributed by atoms with Gasteiger partial charge in [-0.2, -0.15) is 0 Å². The Morgan fingerprint density at radius 1 is 0.892 bits per heavy atom. The topological polar surface area (TPSA) is 61.4 Å². The summed E-state index contributed by atoms with van der Waals surface area (Å²) in [4.78, 5) is 26.6. The highest BCUT2D eigenvalue weighted by atomic mass is 32.1. The maximum absolute atomic E-state index is 13.2. The molecule has 1 N–H and O–H groups in total. The van der Waals surface area contributed by atoms with Crippen LogP contribution >= 0.6 is 11.3 Å². The number of pyridine rings is 1. The summed E-state index contributed by atoms with van der Waals surface area (Å²) in [5.74, 6) is 0.103. The van der Waals surface area contributed by atoms with Gasteiger partial charge in [-0.3, -0.25) is 14.7 Å². The third-order valence-corrected chi connectivity index (χ3v) is 8.19. The van der Waals surface area contributed by atoms with Crippen molar-refractivity contribution in [3.63, 3.8) is 0 Å². The largest absolute Gasteiger partial charge is 0.355 e. The standard InChI is InChI=1S/C30H29N5OS/c1-19-17-35(20(2)16-34(19)3)30(36)22-6-4-21(5-7-22)23-8-10-25-26(12-13-31-27(25)14-23)33-24-9-11-29-28(15-24)32-18-37-29/h4-15,18-20H,16-17H2,1-3H3,(H,31,33). The van der Waals surface area contributed by atoms with Gasteiger partial charge in [-0.05, 0) is 74.5 Å². The fraction of sp³-hybridized carbons (Fsp3) is 0.233. The van der Waals surface area contributed by atoms with E-state index in [0.29, 0.717) is 6.04 Å². The van der Waals surface area contributed by atoms with Gasteiger partial charge in [0.15, 0.2) is 0 Å². The zero-order valence-corrected chi connectivity index (χ0v) is 22.0. The number of carbonyl (C=O) groups excluding carboxylic acids is 1. The van der Waals surface area contributed by atoms with Crippen molar-refractivity contribution in [1.82, 2.24) is 19.8 Å². The van der Waals surface area contributed by atoms with E-state index in [9.17, 15) is 4.79 Å². The van der Waals surface area contributed by atoms with Crippen LogP contribution in [0.3, 0.4) is 0 Å². The van der Waals surface area contributed by atoms with Crippen LogP contribution in [0.25, 0.3) is 32.2 Å². The lowest BCUT2D eigenvalue weighted by Gasteiger charge is -2.42. The van der Waals surface area contributed by atoms with Crippen molar-refractivity contribution in [3.8, 4) is 11.1 Å². The molecule has 1 aliphatic heterocycles. The van der Waals surface area contributed by atoms with Crippen molar-refractivity contribution in [3.05, 3.63) is 84.0 Å². The highest BCUT2D eigenvalue weighted by Crippen LogP contribution is 2.31. The first-order chi connectivity index (χ1) is 18.0. The summed E-state index contributed by atoms with van der Waals surface area (Å²) in [6, 6.07) is 23.1. The number of benzene rings is 3. The first-order valence-corrected chi connectivity index (χ1v) is 13.4. The van der Waals surface area contributed by atoms with Crippen molar-refractivity contribution in [1.29, 1.82) is 0 Å². The zero-order valence-electron chi connectivity index (χ0n) is 21.2. The number of amides is 1. The molecule has 0 aliphatic carbocycles. The summed E-state index contributed by atoms with van der Waals surface area (Å²) in [6.45, 7) is 5.94. The number of piperazine rings is 1. The Labute approximate surface area is 220 Å². The van der Waals surface area contributed by atoms with Crippen LogP contribution in [0.5, 0.6) is 0 Å². The molecule has 5 aromatic rings. The fourth-order valence-electron chi connectivity index (χ4n) is 5.08. The van der Waals surface area contributed by atoms with Gasteiger partial charge in [0.25, 0.3) is 5.91 Å². The maximum atomic E-state index is 13.2. The molecule has 186 valence electrons. The number of carbonyl (C=O) groups is 1. The molecular weight excluding hydrogens is 478 g/mol. The molecule has 1 amide bonds. The Balaban J connectivity index is 1.23. The van der Waals surface area contributed by atoms with E-state index in [0.717, 1.165) is 57.6 Å². The summed E-state index contributed by atoms with van der Waals surface area (Å²) in [5.41, 5.74) is 8.64. The van der Waals surface area contributed by atoms with E-state index in [-0.39, 0.29) is 11.9 Å². The molecule has 0 spiro atoms. The minimum Gasteiger partial charge on any atom is -0.355 e. The highest BCUT2D eigenvalue weighted by Gasteiger charge is 2.30. The van der Waals surface area contributed by atoms with Crippen LogP contribution in [0.2, 0.25) is 0 Å². The number of likely N-dealkylation sites (N-methyl/N-ethyl adjacent to an activating group) is 1. The van der Waals surface area contributed by atoms with E-state index in [1.54, 1.807) is 11.3 Å². The lowest BCUT2D eigenvalue weighted by atomic mass is 10.0. The third-order valence-electron chi connectivity index (χ3n) is 7.38. The second-order valence-corrected chi connectivity index (χ2v) is 10.8. The summed E-state index contributed by atoms with van der Waals surface area (Å²) in [7, 11) is 2.12. The van der Waals surface area contributed by atoms with E-state index in [4.69, 9.17) is 0 Å². The zero-order chi connectivity index (χ0) is 25.5. The molecule has 2 aromatic heterocycles. The van der Waals surface area contributed by atoms with Crippen molar-refractivity contribution in [2.75, 3.05) is 25.5 Å². The van der Waals surface area contributed by atoms with Gasteiger partial charge in [0.05, 0.1) is 21.2 Å². The number of nitrogens with one attached hydrogen (secondary N) is 1. The van der Waals surface area contributed by atoms with E-state index in [2.05, 4.69) is 77.5 Å². The predicted octanol–water partition coefficient (Wildman–Crippen LogP) is 6.42. The second kappa shape index (κ2) is 9.57. The molecule has 7 heteroatoms.